The maximum absolute atomic E-state index is 12.1. The molecule has 0 radical (unpaired) electrons. The van der Waals surface area contributed by atoms with Gasteiger partial charge in [-0.15, -0.1) is 0 Å². The van der Waals surface area contributed by atoms with Crippen LogP contribution in [-0.4, -0.2) is 29.2 Å². The predicted octanol–water partition coefficient (Wildman–Crippen LogP) is 3.68. The second-order valence-electron chi connectivity index (χ2n) is 6.49. The summed E-state index contributed by atoms with van der Waals surface area (Å²) in [6, 6.07) is 23.5. The number of benzene rings is 3. The zero-order chi connectivity index (χ0) is 17.3. The Morgan fingerprint density at radius 1 is 0.960 bits per heavy atom. The molecule has 0 spiro atoms. The first-order valence-corrected chi connectivity index (χ1v) is 8.31. The lowest BCUT2D eigenvalue weighted by Gasteiger charge is -2.45. The third-order valence-electron chi connectivity index (χ3n) is 4.66. The van der Waals surface area contributed by atoms with Gasteiger partial charge in [0.05, 0.1) is 13.1 Å². The summed E-state index contributed by atoms with van der Waals surface area (Å²) in [5.41, 5.74) is 0.773. The molecule has 3 aromatic rings. The predicted molar refractivity (Wildman–Crippen MR) is 96.0 cm³/mol. The van der Waals surface area contributed by atoms with Crippen molar-refractivity contribution in [2.45, 2.75) is 12.2 Å². The third kappa shape index (κ3) is 3.08. The lowest BCUT2D eigenvalue weighted by atomic mass is 9.85. The number of likely N-dealkylation sites (tertiary alicyclic amines) is 1. The Kier molecular flexibility index (Phi) is 3.90. The van der Waals surface area contributed by atoms with E-state index in [0.29, 0.717) is 0 Å². The second kappa shape index (κ2) is 6.22. The molecule has 1 aliphatic rings. The van der Waals surface area contributed by atoms with Crippen LogP contribution in [0.4, 0.5) is 4.79 Å². The summed E-state index contributed by atoms with van der Waals surface area (Å²) in [6.07, 6.45) is -0.394. The van der Waals surface area contributed by atoms with E-state index in [1.165, 1.54) is 4.90 Å². The maximum atomic E-state index is 12.1. The molecular weight excluding hydrogens is 314 g/mol. The molecule has 126 valence electrons. The van der Waals surface area contributed by atoms with Crippen LogP contribution < -0.4 is 0 Å². The molecule has 1 N–H and O–H groups in total. The quantitative estimate of drug-likeness (QED) is 0.795. The Labute approximate surface area is 146 Å². The number of nitrogens with zero attached hydrogens (tertiary/aromatic N) is 1. The second-order valence-corrected chi connectivity index (χ2v) is 6.49. The molecule has 0 aromatic heterocycles. The van der Waals surface area contributed by atoms with Crippen LogP contribution in [0.25, 0.3) is 10.8 Å². The number of fused-ring (bicyclic) bond motifs is 1. The first kappa shape index (κ1) is 15.7. The largest absolute Gasteiger partial charge is 0.445 e. The minimum absolute atomic E-state index is 0.241. The van der Waals surface area contributed by atoms with Gasteiger partial charge >= 0.3 is 6.09 Å². The highest BCUT2D eigenvalue weighted by Crippen LogP contribution is 2.34. The number of ether oxygens (including phenoxy) is 1. The monoisotopic (exact) mass is 333 g/mol. The van der Waals surface area contributed by atoms with Gasteiger partial charge in [-0.05, 0) is 28.0 Å². The van der Waals surface area contributed by atoms with Gasteiger partial charge in [0.2, 0.25) is 0 Å². The summed E-state index contributed by atoms with van der Waals surface area (Å²) in [4.78, 5) is 13.6. The van der Waals surface area contributed by atoms with Gasteiger partial charge < -0.3 is 14.7 Å². The number of amides is 1. The van der Waals surface area contributed by atoms with Gasteiger partial charge in [-0.3, -0.25) is 0 Å². The van der Waals surface area contributed by atoms with Gasteiger partial charge in [-0.1, -0.05) is 66.7 Å². The molecule has 3 aromatic carbocycles. The standard InChI is InChI=1S/C21H19NO3/c23-20(25-13-16-6-2-1-3-7-16)22-14-21(24,15-22)19-11-10-17-8-4-5-9-18(17)12-19/h1-12,24H,13-15H2. The molecule has 4 heteroatoms. The Bertz CT molecular complexity index is 901. The minimum Gasteiger partial charge on any atom is -0.445 e. The van der Waals surface area contributed by atoms with Crippen LogP contribution in [0.3, 0.4) is 0 Å². The smallest absolute Gasteiger partial charge is 0.410 e. The van der Waals surface area contributed by atoms with Crippen molar-refractivity contribution in [1.82, 2.24) is 4.90 Å². The summed E-state index contributed by atoms with van der Waals surface area (Å²) in [5.74, 6) is 0. The minimum atomic E-state index is -1.00. The summed E-state index contributed by atoms with van der Waals surface area (Å²) < 4.78 is 5.31. The van der Waals surface area contributed by atoms with Crippen molar-refractivity contribution in [3.63, 3.8) is 0 Å². The molecule has 1 amide bonds. The number of aliphatic hydroxyl groups is 1. The molecule has 0 bridgehead atoms. The van der Waals surface area contributed by atoms with E-state index < -0.39 is 11.7 Å². The van der Waals surface area contributed by atoms with E-state index in [2.05, 4.69) is 0 Å². The lowest BCUT2D eigenvalue weighted by molar-refractivity contribution is -0.0948. The lowest BCUT2D eigenvalue weighted by Crippen LogP contribution is -2.61. The van der Waals surface area contributed by atoms with Crippen molar-refractivity contribution >= 4 is 16.9 Å². The average molecular weight is 333 g/mol. The Balaban J connectivity index is 1.40. The molecular formula is C21H19NO3. The van der Waals surface area contributed by atoms with Gasteiger partial charge in [-0.25, -0.2) is 4.79 Å². The van der Waals surface area contributed by atoms with Crippen LogP contribution in [0.5, 0.6) is 0 Å². The third-order valence-corrected chi connectivity index (χ3v) is 4.66. The highest BCUT2D eigenvalue weighted by atomic mass is 16.6. The highest BCUT2D eigenvalue weighted by Gasteiger charge is 2.45. The van der Waals surface area contributed by atoms with E-state index in [0.717, 1.165) is 21.9 Å². The maximum Gasteiger partial charge on any atom is 0.410 e. The molecule has 1 heterocycles. The molecule has 1 aliphatic heterocycles. The normalized spacial score (nSPS) is 15.6. The van der Waals surface area contributed by atoms with E-state index in [4.69, 9.17) is 4.74 Å². The van der Waals surface area contributed by atoms with Crippen molar-refractivity contribution in [1.29, 1.82) is 0 Å². The number of hydrogen-bond donors (Lipinski definition) is 1. The van der Waals surface area contributed by atoms with Crippen LogP contribution in [0.1, 0.15) is 11.1 Å². The van der Waals surface area contributed by atoms with Crippen LogP contribution in [0, 0.1) is 0 Å². The van der Waals surface area contributed by atoms with E-state index in [1.807, 2.05) is 72.8 Å². The fraction of sp³-hybridized carbons (Fsp3) is 0.190. The topological polar surface area (TPSA) is 49.8 Å². The number of hydrogen-bond acceptors (Lipinski definition) is 3. The zero-order valence-corrected chi connectivity index (χ0v) is 13.8. The van der Waals surface area contributed by atoms with Gasteiger partial charge in [0, 0.05) is 0 Å². The van der Waals surface area contributed by atoms with Gasteiger partial charge in [0.25, 0.3) is 0 Å². The van der Waals surface area contributed by atoms with Crippen LogP contribution in [0.15, 0.2) is 72.8 Å². The first-order valence-electron chi connectivity index (χ1n) is 8.31. The van der Waals surface area contributed by atoms with E-state index in [9.17, 15) is 9.90 Å². The van der Waals surface area contributed by atoms with Crippen molar-refractivity contribution in [3.8, 4) is 0 Å². The molecule has 4 rings (SSSR count). The average Bonchev–Trinajstić information content (AvgIpc) is 2.64. The molecule has 1 fully saturated rings. The van der Waals surface area contributed by atoms with Gasteiger partial charge in [0.1, 0.15) is 12.2 Å². The fourth-order valence-electron chi connectivity index (χ4n) is 3.19. The summed E-state index contributed by atoms with van der Waals surface area (Å²) in [5, 5.41) is 13.0. The van der Waals surface area contributed by atoms with Crippen LogP contribution in [-0.2, 0) is 16.9 Å². The molecule has 1 saturated heterocycles. The summed E-state index contributed by atoms with van der Waals surface area (Å²) in [7, 11) is 0. The summed E-state index contributed by atoms with van der Waals surface area (Å²) in [6.45, 7) is 0.739. The Morgan fingerprint density at radius 2 is 1.64 bits per heavy atom. The van der Waals surface area contributed by atoms with Crippen molar-refractivity contribution in [3.05, 3.63) is 83.9 Å². The molecule has 0 aliphatic carbocycles. The SMILES string of the molecule is O=C(OCc1ccccc1)N1CC(O)(c2ccc3ccccc3c2)C1. The number of carbonyl (C=O) groups excluding carboxylic acids is 1. The van der Waals surface area contributed by atoms with Gasteiger partial charge in [0.15, 0.2) is 0 Å². The van der Waals surface area contributed by atoms with Crippen molar-refractivity contribution < 1.29 is 14.6 Å². The van der Waals surface area contributed by atoms with Crippen LogP contribution >= 0.6 is 0 Å². The number of carbonyl (C=O) groups is 1. The number of β-amino-alcohol motifs (C(OH)–C–C–N with tert-alkyl or cyclic N) is 1. The summed E-state index contributed by atoms with van der Waals surface area (Å²) >= 11 is 0. The molecule has 0 unspecified atom stereocenters. The van der Waals surface area contributed by atoms with Gasteiger partial charge in [-0.2, -0.15) is 0 Å². The van der Waals surface area contributed by atoms with Crippen molar-refractivity contribution in [2.75, 3.05) is 13.1 Å². The fourth-order valence-corrected chi connectivity index (χ4v) is 3.19. The molecule has 4 nitrogen and oxygen atoms in total. The highest BCUT2D eigenvalue weighted by molar-refractivity contribution is 5.83. The Morgan fingerprint density at radius 3 is 2.40 bits per heavy atom. The van der Waals surface area contributed by atoms with E-state index in [1.54, 1.807) is 0 Å². The van der Waals surface area contributed by atoms with Crippen molar-refractivity contribution in [2.24, 2.45) is 0 Å². The molecule has 25 heavy (non-hydrogen) atoms. The first-order chi connectivity index (χ1) is 12.1. The molecule has 0 atom stereocenters. The number of rotatable bonds is 3. The van der Waals surface area contributed by atoms with E-state index in [-0.39, 0.29) is 19.7 Å². The van der Waals surface area contributed by atoms with E-state index >= 15 is 0 Å². The zero-order valence-electron chi connectivity index (χ0n) is 13.8. The van der Waals surface area contributed by atoms with Crippen LogP contribution in [0.2, 0.25) is 0 Å². The Hall–Kier alpha value is -2.85. The molecule has 0 saturated carbocycles.